The first kappa shape index (κ1) is 20.4. The number of aliphatic carboxylic acids is 1. The highest BCUT2D eigenvalue weighted by molar-refractivity contribution is 5.93. The van der Waals surface area contributed by atoms with E-state index in [2.05, 4.69) is 0 Å². The Labute approximate surface area is 130 Å². The number of nitrogens with zero attached hydrogens (tertiary/aromatic N) is 1. The Hall–Kier alpha value is -2.58. The highest BCUT2D eigenvalue weighted by Gasteiger charge is 2.31. The maximum atomic E-state index is 12.4. The molecule has 23 heavy (non-hydrogen) atoms. The number of anilines is 1. The predicted octanol–water partition coefficient (Wildman–Crippen LogP) is 2.66. The summed E-state index contributed by atoms with van der Waals surface area (Å²) in [5, 5.41) is 7.86. The van der Waals surface area contributed by atoms with Crippen LogP contribution >= 0.6 is 0 Å². The molecule has 0 saturated heterocycles. The fourth-order valence-corrected chi connectivity index (χ4v) is 1.53. The molecule has 128 valence electrons. The lowest BCUT2D eigenvalue weighted by Gasteiger charge is -2.19. The molecule has 0 radical (unpaired) electrons. The first-order valence-corrected chi connectivity index (χ1v) is 6.44. The third-order valence-corrected chi connectivity index (χ3v) is 2.47. The minimum atomic E-state index is -4.42. The Kier molecular flexibility index (Phi) is 7.78. The summed E-state index contributed by atoms with van der Waals surface area (Å²) in [7, 11) is 0. The number of alkyl halides is 3. The van der Waals surface area contributed by atoms with E-state index >= 15 is 0 Å². The van der Waals surface area contributed by atoms with Gasteiger partial charge in [-0.2, -0.15) is 13.2 Å². The summed E-state index contributed by atoms with van der Waals surface area (Å²) in [6.45, 7) is 3.09. The van der Waals surface area contributed by atoms with Crippen molar-refractivity contribution in [2.45, 2.75) is 26.4 Å². The molecule has 0 atom stereocenters. The van der Waals surface area contributed by atoms with E-state index in [1.165, 1.54) is 19.1 Å². The van der Waals surface area contributed by atoms with Crippen LogP contribution in [-0.2, 0) is 15.8 Å². The van der Waals surface area contributed by atoms with Crippen molar-refractivity contribution in [1.82, 2.24) is 0 Å². The van der Waals surface area contributed by atoms with Crippen LogP contribution in [0.5, 0.6) is 0 Å². The molecule has 3 N–H and O–H groups in total. The first-order valence-electron chi connectivity index (χ1n) is 6.44. The van der Waals surface area contributed by atoms with Gasteiger partial charge in [-0.15, -0.1) is 0 Å². The van der Waals surface area contributed by atoms with Gasteiger partial charge < -0.3 is 10.8 Å². The molecule has 2 amide bonds. The van der Waals surface area contributed by atoms with Gasteiger partial charge in [-0.1, -0.05) is 6.07 Å². The van der Waals surface area contributed by atoms with Gasteiger partial charge in [0, 0.05) is 12.2 Å². The van der Waals surface area contributed by atoms with Crippen molar-refractivity contribution in [3.05, 3.63) is 29.8 Å². The van der Waals surface area contributed by atoms with Gasteiger partial charge in [-0.25, -0.2) is 4.79 Å². The molecule has 0 bridgehead atoms. The van der Waals surface area contributed by atoms with E-state index in [-0.39, 0.29) is 24.4 Å². The number of halogens is 3. The van der Waals surface area contributed by atoms with Crippen molar-refractivity contribution in [1.29, 1.82) is 0 Å². The van der Waals surface area contributed by atoms with Gasteiger partial charge >= 0.3 is 18.2 Å². The normalized spacial score (nSPS) is 10.3. The van der Waals surface area contributed by atoms with E-state index in [1.54, 1.807) is 6.92 Å². The van der Waals surface area contributed by atoms with Gasteiger partial charge in [0.2, 0.25) is 0 Å². The van der Waals surface area contributed by atoms with Gasteiger partial charge in [0.15, 0.2) is 0 Å². The van der Waals surface area contributed by atoms with Gasteiger partial charge in [0.1, 0.15) is 12.2 Å². The van der Waals surface area contributed by atoms with Crippen LogP contribution < -0.4 is 10.6 Å². The SMILES string of the molecule is CC(=O)CC(=O)O.CCN(C(N)=O)c1cccc(C(F)(F)F)c1. The summed E-state index contributed by atoms with van der Waals surface area (Å²) in [5.74, 6) is -1.37. The number of Topliss-reactive ketones (excluding diaryl/α,β-unsaturated/α-hetero) is 1. The third-order valence-electron chi connectivity index (χ3n) is 2.47. The predicted molar refractivity (Wildman–Crippen MR) is 77.0 cm³/mol. The maximum absolute atomic E-state index is 12.4. The summed E-state index contributed by atoms with van der Waals surface area (Å²) in [4.78, 5) is 31.5. The lowest BCUT2D eigenvalue weighted by Crippen LogP contribution is -2.35. The molecule has 0 heterocycles. The molecule has 6 nitrogen and oxygen atoms in total. The van der Waals surface area contributed by atoms with Crippen LogP contribution in [0.15, 0.2) is 24.3 Å². The molecule has 0 spiro atoms. The number of benzene rings is 1. The van der Waals surface area contributed by atoms with Crippen LogP contribution in [0.3, 0.4) is 0 Å². The Morgan fingerprint density at radius 2 is 1.83 bits per heavy atom. The molecule has 1 aromatic rings. The van der Waals surface area contributed by atoms with Crippen LogP contribution in [0.2, 0.25) is 0 Å². The number of ketones is 1. The quantitative estimate of drug-likeness (QED) is 0.827. The van der Waals surface area contributed by atoms with E-state index in [4.69, 9.17) is 10.8 Å². The number of nitrogens with two attached hydrogens (primary N) is 1. The fourth-order valence-electron chi connectivity index (χ4n) is 1.53. The number of hydrogen-bond acceptors (Lipinski definition) is 3. The average Bonchev–Trinajstić information content (AvgIpc) is 2.37. The Bertz CT molecular complexity index is 561. The number of hydrogen-bond donors (Lipinski definition) is 2. The molecule has 0 aliphatic rings. The van der Waals surface area contributed by atoms with E-state index < -0.39 is 23.7 Å². The van der Waals surface area contributed by atoms with Gasteiger partial charge in [-0.3, -0.25) is 14.5 Å². The molecular formula is C14H17F3N2O4. The number of urea groups is 1. The summed E-state index contributed by atoms with van der Waals surface area (Å²) in [6.07, 6.45) is -4.78. The molecule has 0 aromatic heterocycles. The molecule has 9 heteroatoms. The van der Waals surface area contributed by atoms with Gasteiger partial charge in [0.05, 0.1) is 5.56 Å². The number of primary amides is 1. The number of carbonyl (C=O) groups excluding carboxylic acids is 2. The zero-order chi connectivity index (χ0) is 18.2. The molecule has 0 fully saturated rings. The van der Waals surface area contributed by atoms with E-state index in [0.717, 1.165) is 17.0 Å². The molecule has 0 aliphatic carbocycles. The summed E-state index contributed by atoms with van der Waals surface area (Å²) in [6, 6.07) is 3.71. The van der Waals surface area contributed by atoms with Crippen molar-refractivity contribution in [2.24, 2.45) is 5.73 Å². The average molecular weight is 334 g/mol. The molecule has 1 rings (SSSR count). The lowest BCUT2D eigenvalue weighted by atomic mass is 10.2. The zero-order valence-electron chi connectivity index (χ0n) is 12.6. The topological polar surface area (TPSA) is 101 Å². The Balaban J connectivity index is 0.000000585. The van der Waals surface area contributed by atoms with Crippen LogP contribution in [0, 0.1) is 0 Å². The van der Waals surface area contributed by atoms with Crippen molar-refractivity contribution in [3.8, 4) is 0 Å². The summed E-state index contributed by atoms with van der Waals surface area (Å²) in [5.41, 5.74) is 4.39. The number of amides is 2. The monoisotopic (exact) mass is 334 g/mol. The van der Waals surface area contributed by atoms with Crippen molar-refractivity contribution in [3.63, 3.8) is 0 Å². The Morgan fingerprint density at radius 3 is 2.13 bits per heavy atom. The van der Waals surface area contributed by atoms with Crippen molar-refractivity contribution >= 4 is 23.5 Å². The van der Waals surface area contributed by atoms with Gasteiger partial charge in [0.25, 0.3) is 0 Å². The second-order valence-electron chi connectivity index (χ2n) is 4.40. The molecule has 0 aliphatic heterocycles. The van der Waals surface area contributed by atoms with Crippen LogP contribution in [0.25, 0.3) is 0 Å². The minimum Gasteiger partial charge on any atom is -0.481 e. The highest BCUT2D eigenvalue weighted by atomic mass is 19.4. The fraction of sp³-hybridized carbons (Fsp3) is 0.357. The first-order chi connectivity index (χ1) is 10.5. The number of carbonyl (C=O) groups is 3. The Morgan fingerprint density at radius 1 is 1.26 bits per heavy atom. The van der Waals surface area contributed by atoms with Crippen LogP contribution in [0.1, 0.15) is 25.8 Å². The lowest BCUT2D eigenvalue weighted by molar-refractivity contribution is -0.140. The number of carboxylic acid groups (broad SMARTS) is 1. The highest BCUT2D eigenvalue weighted by Crippen LogP contribution is 2.31. The van der Waals surface area contributed by atoms with E-state index in [1.807, 2.05) is 0 Å². The number of rotatable bonds is 4. The second-order valence-corrected chi connectivity index (χ2v) is 4.40. The van der Waals surface area contributed by atoms with Crippen molar-refractivity contribution in [2.75, 3.05) is 11.4 Å². The van der Waals surface area contributed by atoms with E-state index in [0.29, 0.717) is 0 Å². The molecule has 0 unspecified atom stereocenters. The minimum absolute atomic E-state index is 0.143. The third kappa shape index (κ3) is 7.84. The smallest absolute Gasteiger partial charge is 0.416 e. The zero-order valence-corrected chi connectivity index (χ0v) is 12.6. The molecule has 1 aromatic carbocycles. The second kappa shape index (κ2) is 8.76. The maximum Gasteiger partial charge on any atom is 0.416 e. The summed E-state index contributed by atoms with van der Waals surface area (Å²) >= 11 is 0. The summed E-state index contributed by atoms with van der Waals surface area (Å²) < 4.78 is 37.2. The van der Waals surface area contributed by atoms with Crippen molar-refractivity contribution < 1.29 is 32.7 Å². The largest absolute Gasteiger partial charge is 0.481 e. The van der Waals surface area contributed by atoms with Gasteiger partial charge in [-0.05, 0) is 32.0 Å². The standard InChI is InChI=1S/C10H11F3N2O.C4H6O3/c1-2-15(9(14)16)8-5-3-4-7(6-8)10(11,12)13;1-3(5)2-4(6)7/h3-6H,2H2,1H3,(H2,14,16);2H2,1H3,(H,6,7). The van der Waals surface area contributed by atoms with E-state index in [9.17, 15) is 27.6 Å². The van der Waals surface area contributed by atoms with Crippen LogP contribution in [-0.4, -0.2) is 29.4 Å². The van der Waals surface area contributed by atoms with Crippen LogP contribution in [0.4, 0.5) is 23.7 Å². The molecule has 0 saturated carbocycles. The molecular weight excluding hydrogens is 317 g/mol. The number of carboxylic acids is 1.